The summed E-state index contributed by atoms with van der Waals surface area (Å²) in [4.78, 5) is -0.0666. The predicted octanol–water partition coefficient (Wildman–Crippen LogP) is 2.34. The molecule has 2 aromatic carbocycles. The number of phenolic OH excluding ortho intramolecular Hbond substituents is 2. The van der Waals surface area contributed by atoms with Crippen molar-refractivity contribution in [2.75, 3.05) is 0 Å². The van der Waals surface area contributed by atoms with Crippen molar-refractivity contribution in [3.8, 4) is 11.5 Å². The lowest BCUT2D eigenvalue weighted by Gasteiger charge is -1.95. The molecule has 0 spiro atoms. The second kappa shape index (κ2) is 6.21. The normalized spacial score (nSPS) is 10.4. The molecule has 0 aromatic heterocycles. The number of benzene rings is 2. The highest BCUT2D eigenvalue weighted by Crippen LogP contribution is 2.21. The summed E-state index contributed by atoms with van der Waals surface area (Å²) in [5, 5.41) is 17.3. The van der Waals surface area contributed by atoms with Gasteiger partial charge in [-0.05, 0) is 31.2 Å². The van der Waals surface area contributed by atoms with Crippen LogP contribution in [0, 0.1) is 6.92 Å². The Kier molecular flexibility index (Phi) is 4.91. The Morgan fingerprint density at radius 3 is 1.58 bits per heavy atom. The van der Waals surface area contributed by atoms with Gasteiger partial charge in [0.2, 0.25) is 0 Å². The molecular formula is C13H14O5S. The molecule has 19 heavy (non-hydrogen) atoms. The van der Waals surface area contributed by atoms with Crippen LogP contribution in [0.4, 0.5) is 0 Å². The molecule has 0 radical (unpaired) electrons. The van der Waals surface area contributed by atoms with Gasteiger partial charge in [-0.2, -0.15) is 8.42 Å². The van der Waals surface area contributed by atoms with Crippen LogP contribution in [-0.4, -0.2) is 23.2 Å². The second-order valence-electron chi connectivity index (χ2n) is 3.78. The SMILES string of the molecule is Cc1ccc(S(=O)(=O)O)cc1.Oc1ccccc1O. The van der Waals surface area contributed by atoms with Crippen molar-refractivity contribution in [2.24, 2.45) is 0 Å². The summed E-state index contributed by atoms with van der Waals surface area (Å²) in [6.07, 6.45) is 0. The molecule has 0 fully saturated rings. The number of phenols is 2. The zero-order valence-corrected chi connectivity index (χ0v) is 11.0. The Labute approximate surface area is 111 Å². The molecule has 3 N–H and O–H groups in total. The van der Waals surface area contributed by atoms with Gasteiger partial charge in [0, 0.05) is 0 Å². The van der Waals surface area contributed by atoms with Gasteiger partial charge < -0.3 is 10.2 Å². The molecule has 0 unspecified atom stereocenters. The van der Waals surface area contributed by atoms with Crippen molar-refractivity contribution in [2.45, 2.75) is 11.8 Å². The Balaban J connectivity index is 0.000000200. The number of para-hydroxylation sites is 2. The van der Waals surface area contributed by atoms with E-state index >= 15 is 0 Å². The first-order valence-corrected chi connectivity index (χ1v) is 6.76. The third kappa shape index (κ3) is 4.99. The largest absolute Gasteiger partial charge is 0.504 e. The highest BCUT2D eigenvalue weighted by atomic mass is 32.2. The average molecular weight is 282 g/mol. The Morgan fingerprint density at radius 2 is 1.26 bits per heavy atom. The third-order valence-corrected chi connectivity index (χ3v) is 3.07. The van der Waals surface area contributed by atoms with Crippen LogP contribution < -0.4 is 0 Å². The summed E-state index contributed by atoms with van der Waals surface area (Å²) in [5.74, 6) is -0.153. The molecule has 2 rings (SSSR count). The standard InChI is InChI=1S/C7H8O3S.C6H6O2/c1-6-2-4-7(5-3-6)11(8,9)10;7-5-3-1-2-4-6(5)8/h2-5H,1H3,(H,8,9,10);1-4,7-8H. The minimum atomic E-state index is -4.02. The monoisotopic (exact) mass is 282 g/mol. The van der Waals surface area contributed by atoms with Crippen molar-refractivity contribution in [1.29, 1.82) is 0 Å². The van der Waals surface area contributed by atoms with Gasteiger partial charge in [0.05, 0.1) is 4.90 Å². The molecule has 0 saturated carbocycles. The van der Waals surface area contributed by atoms with E-state index in [-0.39, 0.29) is 16.4 Å². The van der Waals surface area contributed by atoms with Crippen LogP contribution in [0.3, 0.4) is 0 Å². The van der Waals surface area contributed by atoms with Crippen LogP contribution in [0.25, 0.3) is 0 Å². The minimum Gasteiger partial charge on any atom is -0.504 e. The van der Waals surface area contributed by atoms with E-state index in [1.165, 1.54) is 24.3 Å². The van der Waals surface area contributed by atoms with Crippen LogP contribution >= 0.6 is 0 Å². The molecule has 5 nitrogen and oxygen atoms in total. The quantitative estimate of drug-likeness (QED) is 0.551. The lowest BCUT2D eigenvalue weighted by Crippen LogP contribution is -1.96. The van der Waals surface area contributed by atoms with E-state index in [0.29, 0.717) is 0 Å². The summed E-state index contributed by atoms with van der Waals surface area (Å²) in [7, 11) is -4.02. The van der Waals surface area contributed by atoms with Gasteiger partial charge in [0.25, 0.3) is 10.1 Å². The highest BCUT2D eigenvalue weighted by Gasteiger charge is 2.06. The molecule has 0 heterocycles. The topological polar surface area (TPSA) is 94.8 Å². The lowest BCUT2D eigenvalue weighted by molar-refractivity contribution is 0.404. The predicted molar refractivity (Wildman–Crippen MR) is 70.8 cm³/mol. The average Bonchev–Trinajstić information content (AvgIpc) is 2.33. The van der Waals surface area contributed by atoms with E-state index < -0.39 is 10.1 Å². The molecule has 0 bridgehead atoms. The van der Waals surface area contributed by atoms with Crippen LogP contribution in [0.15, 0.2) is 53.4 Å². The third-order valence-electron chi connectivity index (χ3n) is 2.20. The molecule has 0 aliphatic carbocycles. The zero-order chi connectivity index (χ0) is 14.5. The summed E-state index contributed by atoms with van der Waals surface area (Å²) >= 11 is 0. The number of rotatable bonds is 1. The van der Waals surface area contributed by atoms with Crippen molar-refractivity contribution in [3.05, 3.63) is 54.1 Å². The fraction of sp³-hybridized carbons (Fsp3) is 0.0769. The van der Waals surface area contributed by atoms with Gasteiger partial charge in [-0.3, -0.25) is 4.55 Å². The van der Waals surface area contributed by atoms with Gasteiger partial charge >= 0.3 is 0 Å². The molecule has 0 atom stereocenters. The van der Waals surface area contributed by atoms with Crippen LogP contribution in [-0.2, 0) is 10.1 Å². The molecule has 102 valence electrons. The van der Waals surface area contributed by atoms with Crippen molar-refractivity contribution >= 4 is 10.1 Å². The highest BCUT2D eigenvalue weighted by molar-refractivity contribution is 7.85. The van der Waals surface area contributed by atoms with Gasteiger partial charge in [-0.25, -0.2) is 0 Å². The van der Waals surface area contributed by atoms with Crippen molar-refractivity contribution in [3.63, 3.8) is 0 Å². The van der Waals surface area contributed by atoms with Gasteiger partial charge in [0.15, 0.2) is 11.5 Å². The molecular weight excluding hydrogens is 268 g/mol. The molecule has 0 aliphatic heterocycles. The molecule has 6 heteroatoms. The smallest absolute Gasteiger partial charge is 0.294 e. The lowest BCUT2D eigenvalue weighted by atomic mass is 10.2. The van der Waals surface area contributed by atoms with Gasteiger partial charge in [-0.15, -0.1) is 0 Å². The zero-order valence-electron chi connectivity index (χ0n) is 10.2. The summed E-state index contributed by atoms with van der Waals surface area (Å²) in [5.41, 5.74) is 0.956. The van der Waals surface area contributed by atoms with Gasteiger partial charge in [-0.1, -0.05) is 29.8 Å². The molecule has 0 amide bonds. The fourth-order valence-corrected chi connectivity index (χ4v) is 1.65. The molecule has 0 aliphatic rings. The fourth-order valence-electron chi connectivity index (χ4n) is 1.17. The number of hydrogen-bond acceptors (Lipinski definition) is 4. The van der Waals surface area contributed by atoms with E-state index in [2.05, 4.69) is 0 Å². The Bertz CT molecular complexity index is 611. The maximum absolute atomic E-state index is 10.5. The van der Waals surface area contributed by atoms with E-state index in [1.54, 1.807) is 24.3 Å². The summed E-state index contributed by atoms with van der Waals surface area (Å²) in [6, 6.07) is 12.1. The van der Waals surface area contributed by atoms with E-state index in [1.807, 2.05) is 6.92 Å². The number of aromatic hydroxyl groups is 2. The van der Waals surface area contributed by atoms with Crippen LogP contribution in [0.2, 0.25) is 0 Å². The van der Waals surface area contributed by atoms with E-state index in [4.69, 9.17) is 14.8 Å². The molecule has 2 aromatic rings. The second-order valence-corrected chi connectivity index (χ2v) is 5.20. The summed E-state index contributed by atoms with van der Waals surface area (Å²) < 4.78 is 29.6. The van der Waals surface area contributed by atoms with Crippen molar-refractivity contribution < 1.29 is 23.2 Å². The van der Waals surface area contributed by atoms with Gasteiger partial charge in [0.1, 0.15) is 0 Å². The van der Waals surface area contributed by atoms with Crippen LogP contribution in [0.5, 0.6) is 11.5 Å². The maximum Gasteiger partial charge on any atom is 0.294 e. The summed E-state index contributed by atoms with van der Waals surface area (Å²) in [6.45, 7) is 1.84. The Hall–Kier alpha value is -2.05. The van der Waals surface area contributed by atoms with E-state index in [9.17, 15) is 8.42 Å². The number of hydrogen-bond donors (Lipinski definition) is 3. The van der Waals surface area contributed by atoms with Crippen molar-refractivity contribution in [1.82, 2.24) is 0 Å². The first-order valence-electron chi connectivity index (χ1n) is 5.32. The molecule has 0 saturated heterocycles. The van der Waals surface area contributed by atoms with E-state index in [0.717, 1.165) is 5.56 Å². The first-order chi connectivity index (χ1) is 8.80. The maximum atomic E-state index is 10.5. The number of aryl methyl sites for hydroxylation is 1. The van der Waals surface area contributed by atoms with Crippen LogP contribution in [0.1, 0.15) is 5.56 Å². The minimum absolute atomic E-state index is 0.0666. The Morgan fingerprint density at radius 1 is 0.842 bits per heavy atom. The first kappa shape index (κ1) is 15.0.